The maximum absolute atomic E-state index is 14.6. The van der Waals surface area contributed by atoms with E-state index in [1.807, 2.05) is 0 Å². The van der Waals surface area contributed by atoms with Crippen molar-refractivity contribution in [3.8, 4) is 0 Å². The molecule has 22 heavy (non-hydrogen) atoms. The predicted octanol–water partition coefficient (Wildman–Crippen LogP) is 3.63. The molecule has 5 unspecified atom stereocenters. The Bertz CT molecular complexity index is 450. The van der Waals surface area contributed by atoms with Crippen molar-refractivity contribution in [1.29, 1.82) is 0 Å². The second-order valence-electron chi connectivity index (χ2n) is 6.14. The Labute approximate surface area is 125 Å². The average Bonchev–Trinajstić information content (AvgIpc) is 2.80. The van der Waals surface area contributed by atoms with E-state index in [0.29, 0.717) is 0 Å². The predicted molar refractivity (Wildman–Crippen MR) is 65.9 cm³/mol. The van der Waals surface area contributed by atoms with Gasteiger partial charge in [0.25, 0.3) is 5.92 Å². The van der Waals surface area contributed by atoms with Gasteiger partial charge < -0.3 is 9.47 Å². The van der Waals surface area contributed by atoms with Crippen LogP contribution >= 0.6 is 0 Å². The molecule has 0 aliphatic heterocycles. The lowest BCUT2D eigenvalue weighted by atomic mass is 9.62. The van der Waals surface area contributed by atoms with Crippen molar-refractivity contribution in [3.05, 3.63) is 0 Å². The molecule has 0 saturated heterocycles. The Balaban J connectivity index is 2.45. The van der Waals surface area contributed by atoms with Gasteiger partial charge in [-0.2, -0.15) is 13.2 Å². The Morgan fingerprint density at radius 3 is 2.18 bits per heavy atom. The highest BCUT2D eigenvalue weighted by Crippen LogP contribution is 2.72. The number of carbonyl (C=O) groups is 1. The molecule has 0 amide bonds. The summed E-state index contributed by atoms with van der Waals surface area (Å²) < 4.78 is 79.0. The molecule has 0 aromatic carbocycles. The quantitative estimate of drug-likeness (QED) is 0.342. The molecule has 2 fully saturated rings. The fraction of sp³-hybridized carbons (Fsp3) is 0.929. The van der Waals surface area contributed by atoms with Crippen molar-refractivity contribution >= 4 is 5.97 Å². The molecule has 2 rings (SSSR count). The van der Waals surface area contributed by atoms with Gasteiger partial charge >= 0.3 is 12.1 Å². The molecule has 5 atom stereocenters. The summed E-state index contributed by atoms with van der Waals surface area (Å²) in [6.07, 6.45) is -5.70. The minimum absolute atomic E-state index is 0.0994. The second kappa shape index (κ2) is 5.32. The molecule has 0 heterocycles. The van der Waals surface area contributed by atoms with Gasteiger partial charge in [-0.1, -0.05) is 13.8 Å². The number of halogens is 5. The summed E-state index contributed by atoms with van der Waals surface area (Å²) in [5, 5.41) is 0. The summed E-state index contributed by atoms with van der Waals surface area (Å²) in [5.41, 5.74) is -3.77. The van der Waals surface area contributed by atoms with E-state index >= 15 is 0 Å². The zero-order valence-corrected chi connectivity index (χ0v) is 12.5. The number of hydrogen-bond donors (Lipinski definition) is 0. The first-order chi connectivity index (χ1) is 10.0. The second-order valence-corrected chi connectivity index (χ2v) is 6.14. The van der Waals surface area contributed by atoms with E-state index in [1.54, 1.807) is 6.92 Å². The lowest BCUT2D eigenvalue weighted by Crippen LogP contribution is -2.64. The van der Waals surface area contributed by atoms with Crippen molar-refractivity contribution in [1.82, 2.24) is 0 Å². The molecule has 0 radical (unpaired) electrons. The third-order valence-electron chi connectivity index (χ3n) is 5.40. The summed E-state index contributed by atoms with van der Waals surface area (Å²) in [4.78, 5) is 12.0. The van der Waals surface area contributed by atoms with E-state index < -0.39 is 53.9 Å². The number of carbonyl (C=O) groups excluding carboxylic acids is 1. The van der Waals surface area contributed by atoms with Crippen LogP contribution in [0.3, 0.4) is 0 Å². The molecule has 3 nitrogen and oxygen atoms in total. The van der Waals surface area contributed by atoms with Gasteiger partial charge in [-0.05, 0) is 31.1 Å². The van der Waals surface area contributed by atoms with Gasteiger partial charge in [-0.3, -0.25) is 4.79 Å². The lowest BCUT2D eigenvalue weighted by molar-refractivity contribution is -0.321. The molecule has 128 valence electrons. The molecule has 2 aliphatic carbocycles. The molecule has 0 spiro atoms. The minimum Gasteiger partial charge on any atom is -0.438 e. The van der Waals surface area contributed by atoms with Gasteiger partial charge in [0.2, 0.25) is 5.41 Å². The number of alkyl halides is 5. The zero-order valence-electron chi connectivity index (χ0n) is 12.5. The van der Waals surface area contributed by atoms with Gasteiger partial charge in [-0.15, -0.1) is 0 Å². The normalized spacial score (nSPS) is 40.0. The number of rotatable bonds is 4. The van der Waals surface area contributed by atoms with Crippen LogP contribution in [0.4, 0.5) is 22.0 Å². The highest BCUT2D eigenvalue weighted by atomic mass is 19.4. The SMILES string of the molecule is CCOCOC(=O)C1(C(F)(F)F)C2CC(C(C)C2C)C1(F)F. The summed E-state index contributed by atoms with van der Waals surface area (Å²) in [5.74, 6) is -10.2. The van der Waals surface area contributed by atoms with Crippen LogP contribution < -0.4 is 0 Å². The van der Waals surface area contributed by atoms with E-state index in [4.69, 9.17) is 0 Å². The molecular weight excluding hydrogens is 311 g/mol. The first-order valence-corrected chi connectivity index (χ1v) is 7.22. The van der Waals surface area contributed by atoms with Gasteiger partial charge in [0.1, 0.15) is 0 Å². The third kappa shape index (κ3) is 1.98. The molecule has 2 saturated carbocycles. The largest absolute Gasteiger partial charge is 0.438 e. The fourth-order valence-corrected chi connectivity index (χ4v) is 4.12. The number of esters is 1. The van der Waals surface area contributed by atoms with Crippen LogP contribution in [0.2, 0.25) is 0 Å². The maximum Gasteiger partial charge on any atom is 0.411 e. The van der Waals surface area contributed by atoms with Crippen molar-refractivity contribution in [2.45, 2.75) is 39.3 Å². The topological polar surface area (TPSA) is 35.5 Å². The van der Waals surface area contributed by atoms with Crippen LogP contribution in [0.25, 0.3) is 0 Å². The van der Waals surface area contributed by atoms with Crippen LogP contribution in [0, 0.1) is 29.1 Å². The van der Waals surface area contributed by atoms with Crippen LogP contribution in [-0.4, -0.2) is 31.5 Å². The van der Waals surface area contributed by atoms with Crippen molar-refractivity contribution < 1.29 is 36.2 Å². The van der Waals surface area contributed by atoms with E-state index in [-0.39, 0.29) is 13.0 Å². The minimum atomic E-state index is -5.38. The number of fused-ring (bicyclic) bond motifs is 2. The fourth-order valence-electron chi connectivity index (χ4n) is 4.12. The molecule has 8 heteroatoms. The molecule has 2 bridgehead atoms. The van der Waals surface area contributed by atoms with Crippen LogP contribution in [0.5, 0.6) is 0 Å². The Kier molecular flexibility index (Phi) is 4.21. The Morgan fingerprint density at radius 1 is 1.18 bits per heavy atom. The number of hydrogen-bond acceptors (Lipinski definition) is 3. The first-order valence-electron chi connectivity index (χ1n) is 7.22. The van der Waals surface area contributed by atoms with Crippen LogP contribution in [0.1, 0.15) is 27.2 Å². The summed E-state index contributed by atoms with van der Waals surface area (Å²) in [6, 6.07) is 0. The summed E-state index contributed by atoms with van der Waals surface area (Å²) in [6.45, 7) is 3.88. The first kappa shape index (κ1) is 17.4. The smallest absolute Gasteiger partial charge is 0.411 e. The van der Waals surface area contributed by atoms with E-state index in [9.17, 15) is 26.7 Å². The monoisotopic (exact) mass is 330 g/mol. The van der Waals surface area contributed by atoms with Gasteiger partial charge in [0, 0.05) is 12.5 Å². The highest BCUT2D eigenvalue weighted by Gasteiger charge is 2.87. The average molecular weight is 330 g/mol. The Hall–Kier alpha value is -0.920. The van der Waals surface area contributed by atoms with E-state index in [2.05, 4.69) is 9.47 Å². The maximum atomic E-state index is 14.6. The van der Waals surface area contributed by atoms with Crippen LogP contribution in [-0.2, 0) is 14.3 Å². The van der Waals surface area contributed by atoms with Gasteiger partial charge in [0.05, 0.1) is 0 Å². The van der Waals surface area contributed by atoms with E-state index in [1.165, 1.54) is 13.8 Å². The highest BCUT2D eigenvalue weighted by molar-refractivity contribution is 5.81. The van der Waals surface area contributed by atoms with Crippen LogP contribution in [0.15, 0.2) is 0 Å². The van der Waals surface area contributed by atoms with Gasteiger partial charge in [0.15, 0.2) is 6.79 Å². The summed E-state index contributed by atoms with van der Waals surface area (Å²) >= 11 is 0. The molecular formula is C14H19F5O3. The zero-order chi connectivity index (χ0) is 16.9. The standard InChI is InChI=1S/C14H19F5O3/c1-4-21-6-22-11(20)12(14(17,18)19)9-5-10(13(12,15)16)8(3)7(9)2/h7-10H,4-6H2,1-3H3. The Morgan fingerprint density at radius 2 is 1.73 bits per heavy atom. The van der Waals surface area contributed by atoms with Gasteiger partial charge in [-0.25, -0.2) is 8.78 Å². The van der Waals surface area contributed by atoms with Crippen molar-refractivity contribution in [2.24, 2.45) is 29.1 Å². The van der Waals surface area contributed by atoms with Crippen molar-refractivity contribution in [2.75, 3.05) is 13.4 Å². The molecule has 0 aromatic rings. The summed E-state index contributed by atoms with van der Waals surface area (Å²) in [7, 11) is 0. The number of ether oxygens (including phenoxy) is 2. The molecule has 0 N–H and O–H groups in total. The molecule has 2 aliphatic rings. The van der Waals surface area contributed by atoms with Crippen molar-refractivity contribution in [3.63, 3.8) is 0 Å². The third-order valence-corrected chi connectivity index (χ3v) is 5.40. The van der Waals surface area contributed by atoms with E-state index in [0.717, 1.165) is 0 Å². The molecule has 0 aromatic heterocycles. The lowest BCUT2D eigenvalue weighted by Gasteiger charge is -2.46.